The molecule has 0 radical (unpaired) electrons. The molecule has 2 aromatic carbocycles. The van der Waals surface area contributed by atoms with Gasteiger partial charge in [0.1, 0.15) is 17.1 Å². The van der Waals surface area contributed by atoms with E-state index >= 15 is 0 Å². The van der Waals surface area contributed by atoms with Crippen molar-refractivity contribution < 1.29 is 13.5 Å². The topological polar surface area (TPSA) is 22.4 Å². The van der Waals surface area contributed by atoms with E-state index in [0.717, 1.165) is 10.9 Å². The fourth-order valence-corrected chi connectivity index (χ4v) is 2.11. The molecule has 0 saturated carbocycles. The van der Waals surface area contributed by atoms with E-state index in [0.29, 0.717) is 16.9 Å². The van der Waals surface area contributed by atoms with E-state index < -0.39 is 0 Å². The number of ether oxygens (including phenoxy) is 1. The second-order valence-corrected chi connectivity index (χ2v) is 3.99. The Morgan fingerprint density at radius 3 is 2.72 bits per heavy atom. The van der Waals surface area contributed by atoms with Crippen molar-refractivity contribution in [3.63, 3.8) is 0 Å². The van der Waals surface area contributed by atoms with Crippen LogP contribution in [0.25, 0.3) is 22.1 Å². The fraction of sp³-hybridized carbons (Fsp3) is 0.0667. The highest BCUT2D eigenvalue weighted by molar-refractivity contribution is 5.94. The van der Waals surface area contributed by atoms with Crippen LogP contribution in [-0.4, -0.2) is 7.11 Å². The number of benzene rings is 2. The van der Waals surface area contributed by atoms with Crippen molar-refractivity contribution in [1.29, 1.82) is 0 Å². The third-order valence-corrected chi connectivity index (χ3v) is 2.91. The molecule has 0 aliphatic carbocycles. The molecule has 0 aliphatic heterocycles. The van der Waals surface area contributed by atoms with Crippen molar-refractivity contribution in [2.24, 2.45) is 0 Å². The molecular weight excluding hydrogens is 231 g/mol. The van der Waals surface area contributed by atoms with E-state index in [1.165, 1.54) is 12.1 Å². The van der Waals surface area contributed by atoms with Gasteiger partial charge in [0, 0.05) is 16.5 Å². The van der Waals surface area contributed by atoms with E-state index in [4.69, 9.17) is 9.15 Å². The third-order valence-electron chi connectivity index (χ3n) is 2.91. The van der Waals surface area contributed by atoms with Gasteiger partial charge in [0.15, 0.2) is 0 Å². The van der Waals surface area contributed by atoms with Gasteiger partial charge in [-0.2, -0.15) is 0 Å². The van der Waals surface area contributed by atoms with Gasteiger partial charge < -0.3 is 9.15 Å². The summed E-state index contributed by atoms with van der Waals surface area (Å²) < 4.78 is 24.4. The van der Waals surface area contributed by atoms with Crippen LogP contribution in [0.2, 0.25) is 0 Å². The molecule has 0 N–H and O–H groups in total. The van der Waals surface area contributed by atoms with E-state index in [9.17, 15) is 4.39 Å². The zero-order chi connectivity index (χ0) is 12.5. The van der Waals surface area contributed by atoms with Gasteiger partial charge in [-0.05, 0) is 24.3 Å². The summed E-state index contributed by atoms with van der Waals surface area (Å²) >= 11 is 0. The Bertz CT molecular complexity index is 701. The molecule has 3 aromatic rings. The summed E-state index contributed by atoms with van der Waals surface area (Å²) in [5, 5.41) is 0.746. The number of methoxy groups -OCH3 is 1. The van der Waals surface area contributed by atoms with E-state index in [1.54, 1.807) is 19.4 Å². The first kappa shape index (κ1) is 10.8. The number of halogens is 1. The molecule has 0 atom stereocenters. The quantitative estimate of drug-likeness (QED) is 0.670. The van der Waals surface area contributed by atoms with Crippen LogP contribution < -0.4 is 4.74 Å². The summed E-state index contributed by atoms with van der Waals surface area (Å²) in [6.45, 7) is 0. The summed E-state index contributed by atoms with van der Waals surface area (Å²) in [6.07, 6.45) is 1.56. The smallest absolute Gasteiger partial charge is 0.142 e. The molecule has 3 rings (SSSR count). The van der Waals surface area contributed by atoms with Gasteiger partial charge in [0.25, 0.3) is 0 Å². The molecule has 0 bridgehead atoms. The Labute approximate surface area is 104 Å². The van der Waals surface area contributed by atoms with Crippen LogP contribution in [0.15, 0.2) is 53.1 Å². The van der Waals surface area contributed by atoms with Gasteiger partial charge in [-0.1, -0.05) is 18.2 Å². The number of rotatable bonds is 2. The molecule has 0 unspecified atom stereocenters. The zero-order valence-corrected chi connectivity index (χ0v) is 9.81. The number of hydrogen-bond donors (Lipinski definition) is 0. The fourth-order valence-electron chi connectivity index (χ4n) is 2.11. The summed E-state index contributed by atoms with van der Waals surface area (Å²) in [7, 11) is 1.59. The highest BCUT2D eigenvalue weighted by Crippen LogP contribution is 2.35. The Balaban J connectivity index is 2.34. The molecule has 0 fully saturated rings. The summed E-state index contributed by atoms with van der Waals surface area (Å²) in [5.74, 6) is 0.408. The highest BCUT2D eigenvalue weighted by Gasteiger charge is 2.12. The molecular formula is C15H11FO2. The standard InChI is InChI=1S/C15H11FO2/c1-17-14-5-3-2-4-12(14)13-9-11(16)8-10-6-7-18-15(10)13/h2-9H,1H3. The van der Waals surface area contributed by atoms with Gasteiger partial charge in [-0.25, -0.2) is 4.39 Å². The maximum Gasteiger partial charge on any atom is 0.142 e. The van der Waals surface area contributed by atoms with Gasteiger partial charge in [0.05, 0.1) is 13.4 Å². The maximum absolute atomic E-state index is 13.6. The summed E-state index contributed by atoms with van der Waals surface area (Å²) in [4.78, 5) is 0. The number of para-hydroxylation sites is 1. The van der Waals surface area contributed by atoms with Gasteiger partial charge >= 0.3 is 0 Å². The monoisotopic (exact) mass is 242 g/mol. The number of hydrogen-bond acceptors (Lipinski definition) is 2. The molecule has 0 aliphatic rings. The number of fused-ring (bicyclic) bond motifs is 1. The second kappa shape index (κ2) is 4.18. The average Bonchev–Trinajstić information content (AvgIpc) is 2.85. The first-order valence-electron chi connectivity index (χ1n) is 5.60. The number of furan rings is 1. The Kier molecular flexibility index (Phi) is 2.52. The molecule has 1 aromatic heterocycles. The predicted molar refractivity (Wildman–Crippen MR) is 68.2 cm³/mol. The predicted octanol–water partition coefficient (Wildman–Crippen LogP) is 4.25. The Morgan fingerprint density at radius 2 is 1.89 bits per heavy atom. The van der Waals surface area contributed by atoms with Gasteiger partial charge in [-0.3, -0.25) is 0 Å². The summed E-state index contributed by atoms with van der Waals surface area (Å²) in [6, 6.07) is 12.2. The lowest BCUT2D eigenvalue weighted by Crippen LogP contribution is -1.88. The van der Waals surface area contributed by atoms with Crippen molar-refractivity contribution in [2.45, 2.75) is 0 Å². The van der Waals surface area contributed by atoms with Gasteiger partial charge in [-0.15, -0.1) is 0 Å². The van der Waals surface area contributed by atoms with E-state index in [1.807, 2.05) is 24.3 Å². The minimum Gasteiger partial charge on any atom is -0.496 e. The minimum absolute atomic E-state index is 0.287. The molecule has 2 nitrogen and oxygen atoms in total. The maximum atomic E-state index is 13.6. The van der Waals surface area contributed by atoms with Crippen LogP contribution in [0, 0.1) is 5.82 Å². The Hall–Kier alpha value is -2.29. The van der Waals surface area contributed by atoms with Gasteiger partial charge in [0.2, 0.25) is 0 Å². The Morgan fingerprint density at radius 1 is 1.06 bits per heavy atom. The lowest BCUT2D eigenvalue weighted by molar-refractivity contribution is 0.416. The largest absolute Gasteiger partial charge is 0.496 e. The van der Waals surface area contributed by atoms with Crippen molar-refractivity contribution in [3.8, 4) is 16.9 Å². The van der Waals surface area contributed by atoms with Crippen molar-refractivity contribution in [1.82, 2.24) is 0 Å². The third kappa shape index (κ3) is 1.64. The first-order chi connectivity index (χ1) is 8.79. The molecule has 18 heavy (non-hydrogen) atoms. The molecule has 0 saturated heterocycles. The minimum atomic E-state index is -0.287. The van der Waals surface area contributed by atoms with Crippen molar-refractivity contribution in [2.75, 3.05) is 7.11 Å². The first-order valence-corrected chi connectivity index (χ1v) is 5.60. The van der Waals surface area contributed by atoms with Crippen LogP contribution in [0.4, 0.5) is 4.39 Å². The van der Waals surface area contributed by atoms with E-state index in [-0.39, 0.29) is 5.82 Å². The van der Waals surface area contributed by atoms with Crippen molar-refractivity contribution in [3.05, 3.63) is 54.5 Å². The molecule has 1 heterocycles. The lowest BCUT2D eigenvalue weighted by Gasteiger charge is -2.08. The average molecular weight is 242 g/mol. The SMILES string of the molecule is COc1ccccc1-c1cc(F)cc2ccoc12. The van der Waals surface area contributed by atoms with Crippen LogP contribution in [0.1, 0.15) is 0 Å². The molecule has 90 valence electrons. The summed E-state index contributed by atoms with van der Waals surface area (Å²) in [5.41, 5.74) is 2.19. The highest BCUT2D eigenvalue weighted by atomic mass is 19.1. The molecule has 0 spiro atoms. The van der Waals surface area contributed by atoms with Crippen LogP contribution in [-0.2, 0) is 0 Å². The lowest BCUT2D eigenvalue weighted by atomic mass is 10.0. The zero-order valence-electron chi connectivity index (χ0n) is 9.81. The normalized spacial score (nSPS) is 10.8. The van der Waals surface area contributed by atoms with Crippen LogP contribution in [0.3, 0.4) is 0 Å². The van der Waals surface area contributed by atoms with Crippen LogP contribution >= 0.6 is 0 Å². The second-order valence-electron chi connectivity index (χ2n) is 3.99. The van der Waals surface area contributed by atoms with Crippen LogP contribution in [0.5, 0.6) is 5.75 Å². The van der Waals surface area contributed by atoms with E-state index in [2.05, 4.69) is 0 Å². The van der Waals surface area contributed by atoms with Crippen molar-refractivity contribution >= 4 is 11.0 Å². The molecule has 0 amide bonds. The molecule has 3 heteroatoms.